The highest BCUT2D eigenvalue weighted by Crippen LogP contribution is 2.36. The molecule has 0 aromatic carbocycles. The van der Waals surface area contributed by atoms with E-state index in [4.69, 9.17) is 9.47 Å². The number of unbranched alkanes of at least 4 members (excludes halogenated alkanes) is 1. The summed E-state index contributed by atoms with van der Waals surface area (Å²) >= 11 is 0. The Morgan fingerprint density at radius 3 is 2.24 bits per heavy atom. The number of rotatable bonds is 15. The van der Waals surface area contributed by atoms with Gasteiger partial charge in [-0.15, -0.1) is 0 Å². The summed E-state index contributed by atoms with van der Waals surface area (Å²) in [6.45, 7) is 14.5. The van der Waals surface area contributed by atoms with Crippen LogP contribution in [-0.2, 0) is 28.7 Å². The van der Waals surface area contributed by atoms with Gasteiger partial charge in [-0.25, -0.2) is 9.59 Å². The number of hydrogen-bond donors (Lipinski definition) is 4. The summed E-state index contributed by atoms with van der Waals surface area (Å²) in [4.78, 5) is 66.0. The number of esters is 1. The molecule has 0 aliphatic heterocycles. The van der Waals surface area contributed by atoms with E-state index in [1.807, 2.05) is 27.7 Å². The zero-order chi connectivity index (χ0) is 32.1. The summed E-state index contributed by atoms with van der Waals surface area (Å²) in [6, 6.07) is -0.915. The van der Waals surface area contributed by atoms with Crippen LogP contribution < -0.4 is 16.0 Å². The van der Waals surface area contributed by atoms with Crippen molar-refractivity contribution in [3.05, 3.63) is 11.3 Å². The van der Waals surface area contributed by atoms with Crippen LogP contribution in [0.1, 0.15) is 93.9 Å². The van der Waals surface area contributed by atoms with Crippen LogP contribution in [-0.4, -0.2) is 78.4 Å². The van der Waals surface area contributed by atoms with E-state index in [0.29, 0.717) is 49.9 Å². The second-order valence-electron chi connectivity index (χ2n) is 12.7. The summed E-state index contributed by atoms with van der Waals surface area (Å²) in [5.41, 5.74) is -0.0596. The minimum absolute atomic E-state index is 0.0912. The molecule has 42 heavy (non-hydrogen) atoms. The smallest absolute Gasteiger partial charge is 0.408 e. The Bertz CT molecular complexity index is 1040. The molecule has 12 heteroatoms. The second-order valence-corrected chi connectivity index (χ2v) is 12.7. The topological polar surface area (TPSA) is 172 Å². The summed E-state index contributed by atoms with van der Waals surface area (Å²) in [5, 5.41) is 17.9. The van der Waals surface area contributed by atoms with Crippen molar-refractivity contribution in [1.29, 1.82) is 0 Å². The number of ether oxygens (including phenoxy) is 2. The Balaban J connectivity index is 2.68. The standard InChI is InChI=1S/C30H50N4O8/c1-9-41-27(39)20(34-25(38)18-32-24(37)17-33-28(40)42-29(4,5)6)12-10-11-13-31-21(14-19(2)3)26-22(35)15-30(7,8)16-23(26)36/h19-20,35H,9-18H2,1-8H3,(H,32,37)(H,33,40)(H,34,38)/t20-/m0/s1. The molecule has 4 N–H and O–H groups in total. The Morgan fingerprint density at radius 2 is 1.67 bits per heavy atom. The van der Waals surface area contributed by atoms with Gasteiger partial charge in [-0.1, -0.05) is 27.7 Å². The van der Waals surface area contributed by atoms with Crippen LogP contribution in [0.15, 0.2) is 16.3 Å². The number of alkyl carbamates (subject to hydrolysis) is 1. The number of aliphatic imine (C=N–C) groups is 1. The number of aliphatic hydroxyl groups excluding tert-OH is 1. The first-order valence-electron chi connectivity index (χ1n) is 14.6. The molecular weight excluding hydrogens is 544 g/mol. The maximum absolute atomic E-state index is 12.8. The lowest BCUT2D eigenvalue weighted by molar-refractivity contribution is -0.147. The average molecular weight is 595 g/mol. The van der Waals surface area contributed by atoms with Crippen molar-refractivity contribution < 1.29 is 38.6 Å². The van der Waals surface area contributed by atoms with Gasteiger partial charge in [0.05, 0.1) is 18.7 Å². The molecular formula is C30H50N4O8. The number of nitrogens with zero attached hydrogens (tertiary/aromatic N) is 1. The van der Waals surface area contributed by atoms with Gasteiger partial charge in [0, 0.05) is 25.1 Å². The molecule has 0 saturated carbocycles. The molecule has 0 heterocycles. The molecule has 0 aromatic heterocycles. The van der Waals surface area contributed by atoms with Crippen LogP contribution in [0.5, 0.6) is 0 Å². The van der Waals surface area contributed by atoms with Crippen LogP contribution in [0.4, 0.5) is 4.79 Å². The van der Waals surface area contributed by atoms with Gasteiger partial charge in [-0.3, -0.25) is 19.4 Å². The van der Waals surface area contributed by atoms with E-state index >= 15 is 0 Å². The quantitative estimate of drug-likeness (QED) is 0.127. The minimum atomic E-state index is -0.915. The number of amides is 3. The van der Waals surface area contributed by atoms with E-state index in [1.165, 1.54) is 0 Å². The lowest BCUT2D eigenvalue weighted by Gasteiger charge is -2.30. The third-order valence-corrected chi connectivity index (χ3v) is 6.09. The van der Waals surface area contributed by atoms with Crippen molar-refractivity contribution in [2.24, 2.45) is 16.3 Å². The molecule has 0 spiro atoms. The van der Waals surface area contributed by atoms with Gasteiger partial charge in [0.25, 0.3) is 0 Å². The van der Waals surface area contributed by atoms with Gasteiger partial charge in [0.1, 0.15) is 23.9 Å². The summed E-state index contributed by atoms with van der Waals surface area (Å²) in [7, 11) is 0. The molecule has 12 nitrogen and oxygen atoms in total. The number of hydrogen-bond acceptors (Lipinski definition) is 9. The minimum Gasteiger partial charge on any atom is -0.511 e. The van der Waals surface area contributed by atoms with Crippen molar-refractivity contribution in [2.45, 2.75) is 106 Å². The molecule has 1 rings (SSSR count). The second kappa shape index (κ2) is 16.9. The molecule has 0 unspecified atom stereocenters. The van der Waals surface area contributed by atoms with Gasteiger partial charge in [0.15, 0.2) is 5.78 Å². The Morgan fingerprint density at radius 1 is 1.02 bits per heavy atom. The zero-order valence-electron chi connectivity index (χ0n) is 26.5. The number of allylic oxidation sites excluding steroid dienone is 2. The van der Waals surface area contributed by atoms with Crippen LogP contribution in [0.2, 0.25) is 0 Å². The predicted octanol–water partition coefficient (Wildman–Crippen LogP) is 3.53. The van der Waals surface area contributed by atoms with Crippen LogP contribution in [0.3, 0.4) is 0 Å². The van der Waals surface area contributed by atoms with E-state index < -0.39 is 42.1 Å². The highest BCUT2D eigenvalue weighted by atomic mass is 16.6. The molecule has 1 atom stereocenters. The number of carbonyl (C=O) groups is 5. The molecule has 0 radical (unpaired) electrons. The maximum Gasteiger partial charge on any atom is 0.408 e. The van der Waals surface area contributed by atoms with Gasteiger partial charge in [-0.2, -0.15) is 0 Å². The van der Waals surface area contributed by atoms with Crippen LogP contribution in [0, 0.1) is 11.3 Å². The largest absolute Gasteiger partial charge is 0.511 e. The Hall–Kier alpha value is -3.44. The molecule has 0 fully saturated rings. The molecule has 0 saturated heterocycles. The zero-order valence-corrected chi connectivity index (χ0v) is 26.5. The third-order valence-electron chi connectivity index (χ3n) is 6.09. The lowest BCUT2D eigenvalue weighted by atomic mass is 9.75. The van der Waals surface area contributed by atoms with Crippen molar-refractivity contribution >= 4 is 35.4 Å². The molecule has 1 aliphatic carbocycles. The Kier molecular flexibility index (Phi) is 14.7. The van der Waals surface area contributed by atoms with E-state index in [1.54, 1.807) is 27.7 Å². The summed E-state index contributed by atoms with van der Waals surface area (Å²) < 4.78 is 10.1. The van der Waals surface area contributed by atoms with Crippen molar-refractivity contribution in [3.8, 4) is 0 Å². The van der Waals surface area contributed by atoms with E-state index in [9.17, 15) is 29.1 Å². The fraction of sp³-hybridized carbons (Fsp3) is 0.733. The number of nitrogens with one attached hydrogen (secondary N) is 3. The fourth-order valence-corrected chi connectivity index (χ4v) is 4.37. The third kappa shape index (κ3) is 14.5. The van der Waals surface area contributed by atoms with Gasteiger partial charge < -0.3 is 30.5 Å². The van der Waals surface area contributed by atoms with E-state index in [2.05, 4.69) is 20.9 Å². The van der Waals surface area contributed by atoms with Crippen LogP contribution in [0.25, 0.3) is 0 Å². The fourth-order valence-electron chi connectivity index (χ4n) is 4.37. The van der Waals surface area contributed by atoms with Gasteiger partial charge in [-0.05, 0) is 64.7 Å². The Labute approximate surface area is 249 Å². The SMILES string of the molecule is CCOC(=O)[C@H](CCCCN=C(CC(C)C)C1=C(O)CC(C)(C)CC1=O)NC(=O)CNC(=O)CNC(=O)OC(C)(C)C. The first-order valence-corrected chi connectivity index (χ1v) is 14.6. The van der Waals surface area contributed by atoms with Crippen molar-refractivity contribution in [2.75, 3.05) is 26.2 Å². The van der Waals surface area contributed by atoms with Crippen LogP contribution >= 0.6 is 0 Å². The molecule has 1 aliphatic rings. The van der Waals surface area contributed by atoms with E-state index in [-0.39, 0.29) is 42.4 Å². The average Bonchev–Trinajstić information content (AvgIpc) is 2.82. The maximum atomic E-state index is 12.8. The van der Waals surface area contributed by atoms with E-state index in [0.717, 1.165) is 0 Å². The lowest BCUT2D eigenvalue weighted by Crippen LogP contribution is -2.47. The van der Waals surface area contributed by atoms with Crippen molar-refractivity contribution in [3.63, 3.8) is 0 Å². The molecule has 0 bridgehead atoms. The number of Topliss-reactive ketones (excluding diaryl/α,β-unsaturated/α-hetero) is 1. The van der Waals surface area contributed by atoms with Gasteiger partial charge >= 0.3 is 12.1 Å². The molecule has 3 amide bonds. The predicted molar refractivity (Wildman–Crippen MR) is 159 cm³/mol. The summed E-state index contributed by atoms with van der Waals surface area (Å²) in [6.07, 6.45) is 1.97. The van der Waals surface area contributed by atoms with Gasteiger partial charge in [0.2, 0.25) is 11.8 Å². The molecule has 0 aromatic rings. The monoisotopic (exact) mass is 594 g/mol. The number of aliphatic hydroxyl groups is 1. The summed E-state index contributed by atoms with van der Waals surface area (Å²) in [5.74, 6) is -1.53. The number of carbonyl (C=O) groups excluding carboxylic acids is 5. The molecule has 238 valence electrons. The first-order chi connectivity index (χ1) is 19.4. The highest BCUT2D eigenvalue weighted by Gasteiger charge is 2.35. The first kappa shape index (κ1) is 36.6. The number of ketones is 1. The normalized spacial score (nSPS) is 16.1. The van der Waals surface area contributed by atoms with Crippen molar-refractivity contribution in [1.82, 2.24) is 16.0 Å². The highest BCUT2D eigenvalue weighted by molar-refractivity contribution is 6.23.